The van der Waals surface area contributed by atoms with Crippen LogP contribution in [-0.2, 0) is 20.5 Å². The van der Waals surface area contributed by atoms with Gasteiger partial charge in [-0.15, -0.1) is 10.2 Å². The second-order valence-electron chi connectivity index (χ2n) is 11.0. The molecule has 3 saturated heterocycles. The number of nitrogens with one attached hydrogen (secondary N) is 1. The first kappa shape index (κ1) is 22.2. The quantitative estimate of drug-likeness (QED) is 0.376. The Morgan fingerprint density at radius 3 is 2.81 bits per heavy atom. The lowest BCUT2D eigenvalue weighted by molar-refractivity contribution is -0.158. The van der Waals surface area contributed by atoms with E-state index in [0.717, 1.165) is 36.4 Å². The molecule has 4 aliphatic rings. The Morgan fingerprint density at radius 2 is 2.08 bits per heavy atom. The molecule has 0 spiro atoms. The van der Waals surface area contributed by atoms with Gasteiger partial charge in [0.05, 0.1) is 24.4 Å². The Kier molecular flexibility index (Phi) is 4.38. The summed E-state index contributed by atoms with van der Waals surface area (Å²) in [6.45, 7) is 6.25. The molecule has 11 heteroatoms. The van der Waals surface area contributed by atoms with Gasteiger partial charge in [-0.25, -0.2) is 9.50 Å². The molecule has 3 aliphatic heterocycles. The largest absolute Gasteiger partial charge is 0.481 e. The van der Waals surface area contributed by atoms with Crippen LogP contribution in [0.5, 0.6) is 0 Å². The molecule has 8 rings (SSSR count). The van der Waals surface area contributed by atoms with Gasteiger partial charge in [0.1, 0.15) is 16.8 Å². The van der Waals surface area contributed by atoms with Crippen LogP contribution in [-0.4, -0.2) is 60.6 Å². The molecule has 1 saturated carbocycles. The molecule has 190 valence electrons. The molecule has 4 aromatic rings. The minimum absolute atomic E-state index is 0.0548. The van der Waals surface area contributed by atoms with E-state index in [1.54, 1.807) is 4.52 Å². The van der Waals surface area contributed by atoms with Crippen molar-refractivity contribution in [2.24, 2.45) is 5.41 Å². The number of pyridine rings is 1. The predicted octanol–water partition coefficient (Wildman–Crippen LogP) is 2.39. The Hall–Kier alpha value is -3.99. The zero-order chi connectivity index (χ0) is 25.6. The smallest absolute Gasteiger partial charge is 0.313 e. The van der Waals surface area contributed by atoms with E-state index < -0.39 is 22.9 Å². The second kappa shape index (κ2) is 7.28. The van der Waals surface area contributed by atoms with Crippen molar-refractivity contribution in [3.8, 4) is 0 Å². The highest BCUT2D eigenvalue weighted by Gasteiger charge is 2.78. The topological polar surface area (TPSA) is 148 Å². The van der Waals surface area contributed by atoms with Gasteiger partial charge in [-0.3, -0.25) is 9.89 Å². The third-order valence-corrected chi connectivity index (χ3v) is 8.69. The summed E-state index contributed by atoms with van der Waals surface area (Å²) in [4.78, 5) is 23.8. The number of hydrogen-bond acceptors (Lipinski definition) is 8. The SMILES string of the molecule is Cc1cc(N2CC[C@](C)(c3ccccc3)C2)cn2nc(C34CC(C(=O)O)(CO3)C4c3nc(N)n[nH]3)nc12. The molecule has 3 aromatic heterocycles. The van der Waals surface area contributed by atoms with Gasteiger partial charge in [0.2, 0.25) is 5.95 Å². The number of ether oxygens (including phenoxy) is 1. The first-order chi connectivity index (χ1) is 17.7. The van der Waals surface area contributed by atoms with Gasteiger partial charge in [-0.2, -0.15) is 4.98 Å². The number of nitrogen functional groups attached to an aromatic ring is 1. The van der Waals surface area contributed by atoms with Crippen LogP contribution in [0, 0.1) is 12.3 Å². The molecule has 37 heavy (non-hydrogen) atoms. The minimum atomic E-state index is -1.11. The summed E-state index contributed by atoms with van der Waals surface area (Å²) in [5.74, 6) is -0.633. The summed E-state index contributed by atoms with van der Waals surface area (Å²) in [6, 6.07) is 12.8. The van der Waals surface area contributed by atoms with Crippen LogP contribution in [0.3, 0.4) is 0 Å². The number of aromatic nitrogens is 6. The number of aromatic amines is 1. The summed E-state index contributed by atoms with van der Waals surface area (Å²) < 4.78 is 7.95. The number of rotatable bonds is 5. The van der Waals surface area contributed by atoms with Gasteiger partial charge in [-0.1, -0.05) is 37.3 Å². The van der Waals surface area contributed by atoms with E-state index in [-0.39, 0.29) is 24.4 Å². The van der Waals surface area contributed by atoms with Crippen molar-refractivity contribution in [1.82, 2.24) is 29.8 Å². The number of anilines is 2. The lowest BCUT2D eigenvalue weighted by atomic mass is 9.53. The van der Waals surface area contributed by atoms with E-state index in [9.17, 15) is 9.90 Å². The molecule has 4 fully saturated rings. The third kappa shape index (κ3) is 2.94. The average Bonchev–Trinajstić information content (AvgIpc) is 3.67. The maximum Gasteiger partial charge on any atom is 0.313 e. The van der Waals surface area contributed by atoms with Crippen LogP contribution in [0.15, 0.2) is 42.6 Å². The summed E-state index contributed by atoms with van der Waals surface area (Å²) in [6.07, 6.45) is 3.34. The number of fused-ring (bicyclic) bond motifs is 2. The zero-order valence-corrected chi connectivity index (χ0v) is 20.7. The first-order valence-electron chi connectivity index (χ1n) is 12.5. The fraction of sp³-hybridized carbons (Fsp3) is 0.423. The number of aliphatic carboxylic acids is 1. The van der Waals surface area contributed by atoms with Crippen molar-refractivity contribution in [3.05, 3.63) is 65.4 Å². The summed E-state index contributed by atoms with van der Waals surface area (Å²) in [5, 5.41) is 21.6. The van der Waals surface area contributed by atoms with Crippen LogP contribution >= 0.6 is 0 Å². The Bertz CT molecular complexity index is 1550. The molecule has 0 amide bonds. The van der Waals surface area contributed by atoms with E-state index in [0.29, 0.717) is 11.6 Å². The number of hydrogen-bond donors (Lipinski definition) is 3. The maximum atomic E-state index is 12.3. The van der Waals surface area contributed by atoms with Crippen molar-refractivity contribution in [2.45, 2.75) is 43.6 Å². The molecule has 1 aromatic carbocycles. The lowest BCUT2D eigenvalue weighted by Crippen LogP contribution is -2.55. The molecule has 6 heterocycles. The summed E-state index contributed by atoms with van der Waals surface area (Å²) >= 11 is 0. The highest BCUT2D eigenvalue weighted by Crippen LogP contribution is 2.70. The van der Waals surface area contributed by atoms with Gasteiger partial charge < -0.3 is 20.5 Å². The molecular weight excluding hydrogens is 472 g/mol. The molecule has 2 bridgehead atoms. The lowest BCUT2D eigenvalue weighted by Gasteiger charge is -2.47. The van der Waals surface area contributed by atoms with Crippen LogP contribution in [0.2, 0.25) is 0 Å². The number of nitrogens with two attached hydrogens (primary N) is 1. The highest BCUT2D eigenvalue weighted by molar-refractivity contribution is 5.80. The van der Waals surface area contributed by atoms with E-state index in [2.05, 4.69) is 63.4 Å². The van der Waals surface area contributed by atoms with E-state index >= 15 is 0 Å². The van der Waals surface area contributed by atoms with Gasteiger partial charge in [0, 0.05) is 24.9 Å². The Labute approximate surface area is 212 Å². The molecule has 3 unspecified atom stereocenters. The Morgan fingerprint density at radius 1 is 1.27 bits per heavy atom. The van der Waals surface area contributed by atoms with Crippen LogP contribution in [0.25, 0.3) is 5.65 Å². The van der Waals surface area contributed by atoms with Crippen molar-refractivity contribution in [3.63, 3.8) is 0 Å². The number of aryl methyl sites for hydroxylation is 1. The number of H-pyrrole nitrogens is 1. The van der Waals surface area contributed by atoms with Crippen molar-refractivity contribution < 1.29 is 14.6 Å². The van der Waals surface area contributed by atoms with Crippen molar-refractivity contribution in [2.75, 3.05) is 30.3 Å². The standard InChI is InChI=1S/C26H28N8O3/c1-15-10-17(33-9-8-24(2,13-33)16-6-4-3-5-7-16)11-34-20(15)29-21(32-34)26-12-25(14-37-26,22(35)36)18(26)19-28-23(27)31-30-19/h3-7,10-11,18H,8-9,12-14H2,1-2H3,(H,35,36)(H3,27,28,30,31)/t18?,24-,25?,26?/m0/s1. The van der Waals surface area contributed by atoms with Gasteiger partial charge in [0.15, 0.2) is 11.5 Å². The van der Waals surface area contributed by atoms with Gasteiger partial charge >= 0.3 is 5.97 Å². The Balaban J connectivity index is 1.25. The molecule has 4 N–H and O–H groups in total. The second-order valence-corrected chi connectivity index (χ2v) is 11.0. The van der Waals surface area contributed by atoms with Crippen LogP contribution in [0.1, 0.15) is 48.5 Å². The van der Waals surface area contributed by atoms with E-state index in [1.807, 2.05) is 13.1 Å². The fourth-order valence-corrected chi connectivity index (χ4v) is 6.69. The number of carboxylic acids is 1. The predicted molar refractivity (Wildman–Crippen MR) is 134 cm³/mol. The molecule has 4 atom stereocenters. The molecule has 0 radical (unpaired) electrons. The fourth-order valence-electron chi connectivity index (χ4n) is 6.69. The number of carboxylic acid groups (broad SMARTS) is 1. The molecular formula is C26H28N8O3. The number of benzene rings is 1. The highest BCUT2D eigenvalue weighted by atomic mass is 16.5. The number of carbonyl (C=O) groups is 1. The van der Waals surface area contributed by atoms with E-state index in [1.165, 1.54) is 5.56 Å². The monoisotopic (exact) mass is 500 g/mol. The third-order valence-electron chi connectivity index (χ3n) is 8.69. The molecule has 1 aliphatic carbocycles. The molecule has 11 nitrogen and oxygen atoms in total. The van der Waals surface area contributed by atoms with E-state index in [4.69, 9.17) is 20.6 Å². The van der Waals surface area contributed by atoms with Gasteiger partial charge in [-0.05, 0) is 30.5 Å². The summed E-state index contributed by atoms with van der Waals surface area (Å²) in [5.41, 5.74) is 7.85. The zero-order valence-electron chi connectivity index (χ0n) is 20.7. The van der Waals surface area contributed by atoms with Gasteiger partial charge in [0.25, 0.3) is 0 Å². The first-order valence-corrected chi connectivity index (χ1v) is 12.5. The average molecular weight is 501 g/mol. The maximum absolute atomic E-state index is 12.3. The normalized spacial score (nSPS) is 30.6. The number of nitrogens with zero attached hydrogens (tertiary/aromatic N) is 6. The summed E-state index contributed by atoms with van der Waals surface area (Å²) in [7, 11) is 0. The van der Waals surface area contributed by atoms with Crippen molar-refractivity contribution in [1.29, 1.82) is 0 Å². The minimum Gasteiger partial charge on any atom is -0.481 e. The van der Waals surface area contributed by atoms with Crippen LogP contribution in [0.4, 0.5) is 11.6 Å². The van der Waals surface area contributed by atoms with Crippen molar-refractivity contribution >= 4 is 23.3 Å². The van der Waals surface area contributed by atoms with Crippen LogP contribution < -0.4 is 10.6 Å².